The van der Waals surface area contributed by atoms with E-state index in [0.29, 0.717) is 19.5 Å². The van der Waals surface area contributed by atoms with E-state index in [-0.39, 0.29) is 58.7 Å². The molecule has 2 amide bonds. The Morgan fingerprint density at radius 1 is 1.13 bits per heavy atom. The molecule has 11 heteroatoms. The fourth-order valence-corrected chi connectivity index (χ4v) is 8.50. The minimum absolute atomic E-state index is 0.0175. The number of nitrogens with zero attached hydrogens (tertiary/aromatic N) is 3. The number of rotatable bonds is 7. The molecule has 0 radical (unpaired) electrons. The van der Waals surface area contributed by atoms with Gasteiger partial charge in [-0.05, 0) is 63.5 Å². The molecule has 2 bridgehead atoms. The van der Waals surface area contributed by atoms with E-state index >= 15 is 0 Å². The Morgan fingerprint density at radius 2 is 1.82 bits per heavy atom. The zero-order chi connectivity index (χ0) is 27.9. The molecule has 3 aliphatic rings. The predicted octanol–water partition coefficient (Wildman–Crippen LogP) is 2.56. The number of benzene rings is 1. The Hall–Kier alpha value is -2.92. The average molecular weight is 559 g/mol. The van der Waals surface area contributed by atoms with Crippen molar-refractivity contribution in [2.45, 2.75) is 76.2 Å². The third-order valence-electron chi connectivity index (χ3n) is 8.58. The zero-order valence-electron chi connectivity index (χ0n) is 22.8. The summed E-state index contributed by atoms with van der Waals surface area (Å²) in [5, 5.41) is 4.00. The van der Waals surface area contributed by atoms with Gasteiger partial charge in [-0.1, -0.05) is 18.2 Å². The lowest BCUT2D eigenvalue weighted by atomic mass is 9.96. The number of piperidine rings is 1. The summed E-state index contributed by atoms with van der Waals surface area (Å²) in [5.41, 5.74) is 0.701. The van der Waals surface area contributed by atoms with Gasteiger partial charge in [-0.2, -0.15) is 0 Å². The van der Waals surface area contributed by atoms with Gasteiger partial charge in [-0.3, -0.25) is 14.5 Å². The molecule has 4 heterocycles. The second-order valence-electron chi connectivity index (χ2n) is 11.4. The highest BCUT2D eigenvalue weighted by atomic mass is 32.2. The molecule has 10 nitrogen and oxygen atoms in total. The van der Waals surface area contributed by atoms with Gasteiger partial charge in [0, 0.05) is 37.3 Å². The van der Waals surface area contributed by atoms with Crippen LogP contribution in [0.15, 0.2) is 35.1 Å². The molecule has 0 spiro atoms. The molecular formula is C28H38N4O6S. The molecular weight excluding hydrogens is 520 g/mol. The van der Waals surface area contributed by atoms with Crippen LogP contribution in [0.5, 0.6) is 0 Å². The van der Waals surface area contributed by atoms with Crippen molar-refractivity contribution in [3.05, 3.63) is 46.2 Å². The zero-order valence-corrected chi connectivity index (χ0v) is 23.7. The molecule has 3 aliphatic heterocycles. The number of methoxy groups -OCH3 is 1. The molecule has 2 unspecified atom stereocenters. The summed E-state index contributed by atoms with van der Waals surface area (Å²) in [6, 6.07) is 9.34. The van der Waals surface area contributed by atoms with Gasteiger partial charge in [-0.15, -0.1) is 0 Å². The summed E-state index contributed by atoms with van der Waals surface area (Å²) in [5.74, 6) is -0.255. The lowest BCUT2D eigenvalue weighted by Gasteiger charge is -2.40. The summed E-state index contributed by atoms with van der Waals surface area (Å²) in [6.07, 6.45) is 3.49. The first-order valence-electron chi connectivity index (χ1n) is 13.8. The first kappa shape index (κ1) is 27.6. The fraction of sp³-hybridized carbons (Fsp3) is 0.607. The number of amides is 2. The van der Waals surface area contributed by atoms with Gasteiger partial charge in [0.2, 0.25) is 0 Å². The highest BCUT2D eigenvalue weighted by Crippen LogP contribution is 2.36. The predicted molar refractivity (Wildman–Crippen MR) is 149 cm³/mol. The number of aromatic nitrogens is 1. The molecule has 1 N–H and O–H groups in total. The Kier molecular flexibility index (Phi) is 7.74. The number of hydrogen-bond donors (Lipinski definition) is 1. The molecule has 5 rings (SSSR count). The van der Waals surface area contributed by atoms with E-state index in [0.717, 1.165) is 36.6 Å². The van der Waals surface area contributed by atoms with E-state index in [1.807, 2.05) is 38.1 Å². The van der Waals surface area contributed by atoms with Crippen LogP contribution in [-0.4, -0.2) is 90.7 Å². The molecule has 3 saturated heterocycles. The van der Waals surface area contributed by atoms with Crippen molar-refractivity contribution in [2.75, 3.05) is 31.7 Å². The van der Waals surface area contributed by atoms with Gasteiger partial charge in [0.1, 0.15) is 5.56 Å². The van der Waals surface area contributed by atoms with Crippen molar-refractivity contribution in [1.82, 2.24) is 19.7 Å². The topological polar surface area (TPSA) is 118 Å². The Bertz CT molecular complexity index is 1410. The van der Waals surface area contributed by atoms with Crippen molar-refractivity contribution in [1.29, 1.82) is 0 Å². The van der Waals surface area contributed by atoms with E-state index in [1.54, 1.807) is 15.5 Å². The van der Waals surface area contributed by atoms with Crippen LogP contribution < -0.4 is 10.9 Å². The smallest absolute Gasteiger partial charge is 0.409 e. The molecule has 3 atom stereocenters. The summed E-state index contributed by atoms with van der Waals surface area (Å²) >= 11 is 0. The summed E-state index contributed by atoms with van der Waals surface area (Å²) in [6.45, 7) is 4.92. The molecule has 0 saturated carbocycles. The van der Waals surface area contributed by atoms with E-state index in [2.05, 4.69) is 10.2 Å². The quantitative estimate of drug-likeness (QED) is 0.555. The summed E-state index contributed by atoms with van der Waals surface area (Å²) in [4.78, 5) is 43.1. The number of para-hydroxylation sites is 1. The second kappa shape index (κ2) is 10.9. The maximum Gasteiger partial charge on any atom is 0.409 e. The van der Waals surface area contributed by atoms with Crippen LogP contribution in [0.2, 0.25) is 0 Å². The third-order valence-corrected chi connectivity index (χ3v) is 10.3. The Labute approximate surface area is 229 Å². The Balaban J connectivity index is 1.25. The molecule has 39 heavy (non-hydrogen) atoms. The van der Waals surface area contributed by atoms with E-state index in [9.17, 15) is 22.8 Å². The standard InChI is InChI=1S/C28H38N4O6S/c1-18(2)32-25-7-5-4-6-19(25)14-24(27(32)34)26(33)29-20-15-21-8-9-22(16-20)30(21)11-12-31(28(35)38-3)23-10-13-39(36,37)17-23/h4-7,14,18,20-23H,8-13,15-17H2,1-3H3,(H,29,33)/t20?,21?,22?,23-/m0/s1. The lowest BCUT2D eigenvalue weighted by molar-refractivity contribution is 0.0718. The van der Waals surface area contributed by atoms with Crippen LogP contribution in [-0.2, 0) is 14.6 Å². The number of carbonyl (C=O) groups is 2. The largest absolute Gasteiger partial charge is 0.453 e. The van der Waals surface area contributed by atoms with Crippen LogP contribution in [0.25, 0.3) is 10.9 Å². The van der Waals surface area contributed by atoms with Crippen molar-refractivity contribution < 1.29 is 22.7 Å². The third kappa shape index (κ3) is 5.56. The molecule has 0 aliphatic carbocycles. The van der Waals surface area contributed by atoms with Gasteiger partial charge < -0.3 is 19.5 Å². The number of ether oxygens (including phenoxy) is 1. The van der Waals surface area contributed by atoms with Crippen molar-refractivity contribution in [3.63, 3.8) is 0 Å². The van der Waals surface area contributed by atoms with Crippen molar-refractivity contribution in [2.24, 2.45) is 0 Å². The van der Waals surface area contributed by atoms with Crippen LogP contribution in [0.3, 0.4) is 0 Å². The van der Waals surface area contributed by atoms with Crippen LogP contribution in [0.4, 0.5) is 4.79 Å². The number of fused-ring (bicyclic) bond motifs is 3. The maximum atomic E-state index is 13.3. The van der Waals surface area contributed by atoms with Crippen molar-refractivity contribution >= 4 is 32.7 Å². The van der Waals surface area contributed by atoms with Gasteiger partial charge in [0.25, 0.3) is 11.5 Å². The highest BCUT2D eigenvalue weighted by Gasteiger charge is 2.42. The van der Waals surface area contributed by atoms with E-state index in [4.69, 9.17) is 4.74 Å². The minimum Gasteiger partial charge on any atom is -0.453 e. The Morgan fingerprint density at radius 3 is 2.44 bits per heavy atom. The lowest BCUT2D eigenvalue weighted by Crippen LogP contribution is -2.53. The van der Waals surface area contributed by atoms with Crippen LogP contribution in [0, 0.1) is 0 Å². The van der Waals surface area contributed by atoms with Gasteiger partial charge in [0.05, 0.1) is 30.2 Å². The number of nitrogens with one attached hydrogen (secondary N) is 1. The first-order chi connectivity index (χ1) is 18.6. The fourth-order valence-electron chi connectivity index (χ4n) is 6.77. The minimum atomic E-state index is -3.13. The normalized spacial score (nSPS) is 26.2. The summed E-state index contributed by atoms with van der Waals surface area (Å²) < 4.78 is 30.6. The van der Waals surface area contributed by atoms with Crippen LogP contribution >= 0.6 is 0 Å². The molecule has 212 valence electrons. The molecule has 2 aromatic rings. The second-order valence-corrected chi connectivity index (χ2v) is 13.6. The first-order valence-corrected chi connectivity index (χ1v) is 15.7. The average Bonchev–Trinajstić information content (AvgIpc) is 3.37. The number of hydrogen-bond acceptors (Lipinski definition) is 7. The number of carbonyl (C=O) groups excluding carboxylic acids is 2. The molecule has 1 aromatic heterocycles. The monoisotopic (exact) mass is 558 g/mol. The van der Waals surface area contributed by atoms with E-state index in [1.165, 1.54) is 7.11 Å². The SMILES string of the molecule is COC(=O)N(CCN1C2CCC1CC(NC(=O)c1cc3ccccc3n(C(C)C)c1=O)C2)[C@H]1CCS(=O)(=O)C1. The summed E-state index contributed by atoms with van der Waals surface area (Å²) in [7, 11) is -1.80. The molecule has 1 aromatic carbocycles. The number of pyridine rings is 1. The van der Waals surface area contributed by atoms with Crippen LogP contribution in [0.1, 0.15) is 62.4 Å². The highest BCUT2D eigenvalue weighted by molar-refractivity contribution is 7.91. The van der Waals surface area contributed by atoms with E-state index < -0.39 is 15.9 Å². The van der Waals surface area contributed by atoms with Gasteiger partial charge in [-0.25, -0.2) is 13.2 Å². The van der Waals surface area contributed by atoms with Gasteiger partial charge in [0.15, 0.2) is 9.84 Å². The van der Waals surface area contributed by atoms with Gasteiger partial charge >= 0.3 is 6.09 Å². The maximum absolute atomic E-state index is 13.3. The number of sulfone groups is 1. The molecule has 3 fully saturated rings. The van der Waals surface area contributed by atoms with Crippen molar-refractivity contribution in [3.8, 4) is 0 Å².